The lowest BCUT2D eigenvalue weighted by Crippen LogP contribution is -2.40. The fourth-order valence-corrected chi connectivity index (χ4v) is 2.79. The minimum absolute atomic E-state index is 0.0582. The van der Waals surface area contributed by atoms with E-state index in [4.69, 9.17) is 5.26 Å². The van der Waals surface area contributed by atoms with Crippen molar-refractivity contribution in [2.24, 2.45) is 5.41 Å². The largest absolute Gasteiger partial charge is 0.370 e. The number of benzene rings is 1. The van der Waals surface area contributed by atoms with Gasteiger partial charge in [-0.1, -0.05) is 13.8 Å². The molecule has 1 aromatic rings. The maximum absolute atomic E-state index is 11.8. The number of nitrogens with zero attached hydrogens (tertiary/aromatic N) is 2. The summed E-state index contributed by atoms with van der Waals surface area (Å²) in [6, 6.07) is 7.49. The fraction of sp³-hybridized carbons (Fsp3) is 0.500. The van der Waals surface area contributed by atoms with Crippen molar-refractivity contribution in [3.05, 3.63) is 29.3 Å². The third-order valence-corrected chi connectivity index (χ3v) is 3.75. The van der Waals surface area contributed by atoms with Crippen LogP contribution in [-0.4, -0.2) is 18.9 Å². The monoisotopic (exact) mass is 256 g/mol. The summed E-state index contributed by atoms with van der Waals surface area (Å²) in [6.07, 6.45) is 2.33. The SMILES string of the molecule is CC(=O)c1ccc(C#N)cc1N1CCCC(C)(C)C1. The van der Waals surface area contributed by atoms with Gasteiger partial charge in [0.2, 0.25) is 0 Å². The van der Waals surface area contributed by atoms with Crippen molar-refractivity contribution in [3.63, 3.8) is 0 Å². The molecular weight excluding hydrogens is 236 g/mol. The van der Waals surface area contributed by atoms with Gasteiger partial charge in [-0.3, -0.25) is 4.79 Å². The maximum Gasteiger partial charge on any atom is 0.161 e. The summed E-state index contributed by atoms with van der Waals surface area (Å²) in [7, 11) is 0. The van der Waals surface area contributed by atoms with E-state index in [2.05, 4.69) is 24.8 Å². The number of ketones is 1. The molecule has 19 heavy (non-hydrogen) atoms. The zero-order valence-electron chi connectivity index (χ0n) is 11.9. The molecule has 0 unspecified atom stereocenters. The van der Waals surface area contributed by atoms with Crippen molar-refractivity contribution < 1.29 is 4.79 Å². The van der Waals surface area contributed by atoms with Crippen LogP contribution in [0.4, 0.5) is 5.69 Å². The summed E-state index contributed by atoms with van der Waals surface area (Å²) in [5.41, 5.74) is 2.51. The summed E-state index contributed by atoms with van der Waals surface area (Å²) in [5, 5.41) is 9.04. The molecule has 3 heteroatoms. The second-order valence-corrected chi connectivity index (χ2v) is 6.09. The number of hydrogen-bond donors (Lipinski definition) is 0. The van der Waals surface area contributed by atoms with E-state index in [-0.39, 0.29) is 11.2 Å². The van der Waals surface area contributed by atoms with E-state index in [0.717, 1.165) is 30.8 Å². The molecule has 0 radical (unpaired) electrons. The highest BCUT2D eigenvalue weighted by atomic mass is 16.1. The maximum atomic E-state index is 11.8. The zero-order chi connectivity index (χ0) is 14.0. The number of carbonyl (C=O) groups excluding carboxylic acids is 1. The Bertz CT molecular complexity index is 540. The smallest absolute Gasteiger partial charge is 0.161 e. The molecule has 0 aromatic heterocycles. The first-order valence-corrected chi connectivity index (χ1v) is 6.73. The summed E-state index contributed by atoms with van der Waals surface area (Å²) in [5.74, 6) is 0.0582. The van der Waals surface area contributed by atoms with E-state index in [1.165, 1.54) is 6.42 Å². The Morgan fingerprint density at radius 2 is 2.16 bits per heavy atom. The lowest BCUT2D eigenvalue weighted by molar-refractivity contribution is 0.101. The summed E-state index contributed by atoms with van der Waals surface area (Å²) < 4.78 is 0. The van der Waals surface area contributed by atoms with E-state index in [0.29, 0.717) is 5.56 Å². The molecule has 1 aromatic carbocycles. The molecule has 0 N–H and O–H groups in total. The molecule has 100 valence electrons. The Hall–Kier alpha value is -1.82. The Morgan fingerprint density at radius 3 is 2.74 bits per heavy atom. The Morgan fingerprint density at radius 1 is 1.42 bits per heavy atom. The second-order valence-electron chi connectivity index (χ2n) is 6.09. The molecule has 1 heterocycles. The average Bonchev–Trinajstić information content (AvgIpc) is 2.36. The molecule has 2 rings (SSSR count). The number of carbonyl (C=O) groups is 1. The van der Waals surface area contributed by atoms with Crippen LogP contribution >= 0.6 is 0 Å². The van der Waals surface area contributed by atoms with Crippen molar-refractivity contribution >= 4 is 11.5 Å². The highest BCUT2D eigenvalue weighted by Crippen LogP contribution is 2.33. The van der Waals surface area contributed by atoms with Crippen LogP contribution in [0.15, 0.2) is 18.2 Å². The van der Waals surface area contributed by atoms with Crippen molar-refractivity contribution in [2.75, 3.05) is 18.0 Å². The van der Waals surface area contributed by atoms with Gasteiger partial charge < -0.3 is 4.90 Å². The molecule has 0 atom stereocenters. The number of Topliss-reactive ketones (excluding diaryl/α,β-unsaturated/α-hetero) is 1. The van der Waals surface area contributed by atoms with E-state index in [1.807, 2.05) is 6.07 Å². The summed E-state index contributed by atoms with van der Waals surface area (Å²) in [6.45, 7) is 7.97. The van der Waals surface area contributed by atoms with Gasteiger partial charge in [-0.2, -0.15) is 5.26 Å². The van der Waals surface area contributed by atoms with Crippen LogP contribution in [0.2, 0.25) is 0 Å². The standard InChI is InChI=1S/C16H20N2O/c1-12(19)14-6-5-13(10-17)9-15(14)18-8-4-7-16(2,3)11-18/h5-6,9H,4,7-8,11H2,1-3H3. The van der Waals surface area contributed by atoms with Crippen LogP contribution in [0.1, 0.15) is 49.5 Å². The van der Waals surface area contributed by atoms with Crippen molar-refractivity contribution in [1.29, 1.82) is 5.26 Å². The second kappa shape index (κ2) is 5.05. The highest BCUT2D eigenvalue weighted by molar-refractivity contribution is 6.00. The van der Waals surface area contributed by atoms with Crippen LogP contribution in [-0.2, 0) is 0 Å². The van der Waals surface area contributed by atoms with Crippen LogP contribution in [0.5, 0.6) is 0 Å². The van der Waals surface area contributed by atoms with Crippen LogP contribution in [0.25, 0.3) is 0 Å². The Balaban J connectivity index is 2.42. The highest BCUT2D eigenvalue weighted by Gasteiger charge is 2.28. The molecular formula is C16H20N2O. The Kier molecular flexibility index (Phi) is 3.61. The molecule has 1 fully saturated rings. The zero-order valence-corrected chi connectivity index (χ0v) is 11.9. The van der Waals surface area contributed by atoms with Crippen LogP contribution in [0.3, 0.4) is 0 Å². The van der Waals surface area contributed by atoms with Crippen molar-refractivity contribution in [1.82, 2.24) is 0 Å². The van der Waals surface area contributed by atoms with Gasteiger partial charge in [0.25, 0.3) is 0 Å². The first-order valence-electron chi connectivity index (χ1n) is 6.73. The molecule has 1 aliphatic heterocycles. The molecule has 3 nitrogen and oxygen atoms in total. The predicted molar refractivity (Wildman–Crippen MR) is 76.4 cm³/mol. The normalized spacial score (nSPS) is 17.9. The molecule has 0 aliphatic carbocycles. The van der Waals surface area contributed by atoms with Crippen LogP contribution in [0, 0.1) is 16.7 Å². The molecule has 0 spiro atoms. The van der Waals surface area contributed by atoms with Crippen LogP contribution < -0.4 is 4.90 Å². The molecule has 1 saturated heterocycles. The van der Waals surface area contributed by atoms with Gasteiger partial charge in [0, 0.05) is 24.3 Å². The molecule has 0 bridgehead atoms. The van der Waals surface area contributed by atoms with Gasteiger partial charge in [-0.25, -0.2) is 0 Å². The minimum Gasteiger partial charge on any atom is -0.370 e. The van der Waals surface area contributed by atoms with Gasteiger partial charge in [0.1, 0.15) is 0 Å². The van der Waals surface area contributed by atoms with Gasteiger partial charge in [-0.15, -0.1) is 0 Å². The molecule has 1 aliphatic rings. The number of anilines is 1. The lowest BCUT2D eigenvalue weighted by Gasteiger charge is -2.40. The predicted octanol–water partition coefficient (Wildman–Crippen LogP) is 3.39. The van der Waals surface area contributed by atoms with E-state index in [1.54, 1.807) is 19.1 Å². The third kappa shape index (κ3) is 2.96. The lowest BCUT2D eigenvalue weighted by atomic mass is 9.83. The number of nitriles is 1. The number of hydrogen-bond acceptors (Lipinski definition) is 3. The van der Waals surface area contributed by atoms with Gasteiger partial charge >= 0.3 is 0 Å². The minimum atomic E-state index is 0.0582. The quantitative estimate of drug-likeness (QED) is 0.762. The van der Waals surface area contributed by atoms with Crippen molar-refractivity contribution in [2.45, 2.75) is 33.6 Å². The Labute approximate surface area is 114 Å². The molecule has 0 saturated carbocycles. The summed E-state index contributed by atoms with van der Waals surface area (Å²) in [4.78, 5) is 14.0. The number of piperidine rings is 1. The van der Waals surface area contributed by atoms with Gasteiger partial charge in [0.05, 0.1) is 11.6 Å². The topological polar surface area (TPSA) is 44.1 Å². The van der Waals surface area contributed by atoms with E-state index in [9.17, 15) is 4.79 Å². The summed E-state index contributed by atoms with van der Waals surface area (Å²) >= 11 is 0. The van der Waals surface area contributed by atoms with Gasteiger partial charge in [-0.05, 0) is 43.4 Å². The van der Waals surface area contributed by atoms with Crippen molar-refractivity contribution in [3.8, 4) is 6.07 Å². The molecule has 0 amide bonds. The third-order valence-electron chi connectivity index (χ3n) is 3.75. The first-order chi connectivity index (χ1) is 8.93. The first kappa shape index (κ1) is 13.6. The number of rotatable bonds is 2. The van der Waals surface area contributed by atoms with Gasteiger partial charge in [0.15, 0.2) is 5.78 Å². The fourth-order valence-electron chi connectivity index (χ4n) is 2.79. The van der Waals surface area contributed by atoms with E-state index >= 15 is 0 Å². The van der Waals surface area contributed by atoms with E-state index < -0.39 is 0 Å². The average molecular weight is 256 g/mol.